The van der Waals surface area contributed by atoms with Gasteiger partial charge >= 0.3 is 0 Å². The van der Waals surface area contributed by atoms with Crippen molar-refractivity contribution < 1.29 is 9.59 Å². The summed E-state index contributed by atoms with van der Waals surface area (Å²) >= 11 is 3.54. The Hall–Kier alpha value is -1.36. The molecule has 1 fully saturated rings. The molecule has 1 amide bonds. The molecule has 0 aliphatic carbocycles. The predicted octanol–water partition coefficient (Wildman–Crippen LogP) is 3.21. The summed E-state index contributed by atoms with van der Waals surface area (Å²) in [7, 11) is 0. The lowest BCUT2D eigenvalue weighted by Gasteiger charge is -2.39. The number of benzene rings is 1. The lowest BCUT2D eigenvalue weighted by molar-refractivity contribution is -0.112. The molecule has 3 rings (SSSR count). The van der Waals surface area contributed by atoms with Crippen LogP contribution in [-0.4, -0.2) is 24.3 Å². The number of piperidine rings is 1. The maximum atomic E-state index is 11.7. The minimum atomic E-state index is -0.538. The second-order valence-corrected chi connectivity index (χ2v) is 6.66. The van der Waals surface area contributed by atoms with Gasteiger partial charge in [-0.25, -0.2) is 0 Å². The second kappa shape index (κ2) is 4.88. The SMILES string of the molecule is CC1CCN(c2cc3c(cc2Br)C(=O)C(=O)N3)C(C)C1. The van der Waals surface area contributed by atoms with Gasteiger partial charge < -0.3 is 10.2 Å². The molecule has 4 nitrogen and oxygen atoms in total. The molecule has 2 atom stereocenters. The molecule has 1 saturated heterocycles. The van der Waals surface area contributed by atoms with Crippen LogP contribution in [-0.2, 0) is 4.79 Å². The van der Waals surface area contributed by atoms with Gasteiger partial charge in [0.25, 0.3) is 11.7 Å². The highest BCUT2D eigenvalue weighted by Crippen LogP contribution is 2.38. The van der Waals surface area contributed by atoms with Crippen molar-refractivity contribution in [2.75, 3.05) is 16.8 Å². The van der Waals surface area contributed by atoms with E-state index in [0.717, 1.165) is 29.0 Å². The van der Waals surface area contributed by atoms with Crippen molar-refractivity contribution in [1.82, 2.24) is 0 Å². The predicted molar refractivity (Wildman–Crippen MR) is 82.3 cm³/mol. The van der Waals surface area contributed by atoms with Crippen LogP contribution in [0.1, 0.15) is 37.0 Å². The average molecular weight is 337 g/mol. The van der Waals surface area contributed by atoms with Crippen molar-refractivity contribution in [2.24, 2.45) is 5.92 Å². The fourth-order valence-electron chi connectivity index (χ4n) is 3.14. The number of anilines is 2. The van der Waals surface area contributed by atoms with Crippen molar-refractivity contribution in [3.63, 3.8) is 0 Å². The van der Waals surface area contributed by atoms with Gasteiger partial charge in [-0.05, 0) is 53.7 Å². The summed E-state index contributed by atoms with van der Waals surface area (Å²) in [4.78, 5) is 25.5. The van der Waals surface area contributed by atoms with Gasteiger partial charge in [0.05, 0.1) is 16.9 Å². The van der Waals surface area contributed by atoms with Crippen LogP contribution in [0, 0.1) is 5.92 Å². The van der Waals surface area contributed by atoms with Crippen LogP contribution in [0.4, 0.5) is 11.4 Å². The van der Waals surface area contributed by atoms with Crippen molar-refractivity contribution in [3.8, 4) is 0 Å². The molecule has 2 aliphatic rings. The molecular formula is C15H17BrN2O2. The molecule has 0 bridgehead atoms. The Bertz CT molecular complexity index is 600. The summed E-state index contributed by atoms with van der Waals surface area (Å²) in [6.07, 6.45) is 2.33. The van der Waals surface area contributed by atoms with E-state index >= 15 is 0 Å². The van der Waals surface area contributed by atoms with E-state index in [1.165, 1.54) is 6.42 Å². The van der Waals surface area contributed by atoms with Crippen LogP contribution in [0.3, 0.4) is 0 Å². The van der Waals surface area contributed by atoms with E-state index in [4.69, 9.17) is 0 Å². The van der Waals surface area contributed by atoms with Crippen LogP contribution < -0.4 is 10.2 Å². The zero-order valence-corrected chi connectivity index (χ0v) is 13.2. The summed E-state index contributed by atoms with van der Waals surface area (Å²) in [6.45, 7) is 5.51. The van der Waals surface area contributed by atoms with E-state index in [1.54, 1.807) is 6.07 Å². The third-order valence-corrected chi connectivity index (χ3v) is 4.87. The van der Waals surface area contributed by atoms with Gasteiger partial charge in [-0.3, -0.25) is 9.59 Å². The number of hydrogen-bond acceptors (Lipinski definition) is 3. The summed E-state index contributed by atoms with van der Waals surface area (Å²) in [5, 5.41) is 2.64. The van der Waals surface area contributed by atoms with E-state index in [1.807, 2.05) is 6.07 Å². The van der Waals surface area contributed by atoms with E-state index in [2.05, 4.69) is 40.0 Å². The van der Waals surface area contributed by atoms with Crippen LogP contribution >= 0.6 is 15.9 Å². The first-order valence-electron chi connectivity index (χ1n) is 6.93. The quantitative estimate of drug-likeness (QED) is 0.801. The smallest absolute Gasteiger partial charge is 0.296 e. The molecule has 106 valence electrons. The first-order chi connectivity index (χ1) is 9.47. The Balaban J connectivity index is 1.98. The standard InChI is InChI=1S/C15H17BrN2O2/c1-8-3-4-18(9(2)5-8)13-7-12-10(6-11(13)16)14(19)15(20)17-12/h6-9H,3-5H2,1-2H3,(H,17,19,20). The number of rotatable bonds is 1. The summed E-state index contributed by atoms with van der Waals surface area (Å²) < 4.78 is 0.877. The van der Waals surface area contributed by atoms with Gasteiger partial charge in [-0.2, -0.15) is 0 Å². The third kappa shape index (κ3) is 2.14. The molecule has 1 aromatic rings. The van der Waals surface area contributed by atoms with Gasteiger partial charge in [-0.15, -0.1) is 0 Å². The first kappa shape index (κ1) is 13.6. The van der Waals surface area contributed by atoms with Crippen molar-refractivity contribution in [3.05, 3.63) is 22.2 Å². The van der Waals surface area contributed by atoms with Crippen LogP contribution in [0.2, 0.25) is 0 Å². The first-order valence-corrected chi connectivity index (χ1v) is 7.72. The Morgan fingerprint density at radius 3 is 2.75 bits per heavy atom. The van der Waals surface area contributed by atoms with Crippen molar-refractivity contribution in [1.29, 1.82) is 0 Å². The van der Waals surface area contributed by atoms with Gasteiger partial charge in [-0.1, -0.05) is 6.92 Å². The minimum Gasteiger partial charge on any atom is -0.368 e. The molecule has 0 radical (unpaired) electrons. The number of nitrogens with zero attached hydrogens (tertiary/aromatic N) is 1. The molecule has 20 heavy (non-hydrogen) atoms. The third-order valence-electron chi connectivity index (χ3n) is 4.23. The zero-order chi connectivity index (χ0) is 14.4. The molecule has 1 aromatic carbocycles. The number of nitrogens with one attached hydrogen (secondary N) is 1. The second-order valence-electron chi connectivity index (χ2n) is 5.80. The van der Waals surface area contributed by atoms with Crippen LogP contribution in [0.5, 0.6) is 0 Å². The Morgan fingerprint density at radius 1 is 1.30 bits per heavy atom. The number of ketones is 1. The number of halogens is 1. The topological polar surface area (TPSA) is 49.4 Å². The van der Waals surface area contributed by atoms with E-state index < -0.39 is 11.7 Å². The minimum absolute atomic E-state index is 0.451. The largest absolute Gasteiger partial charge is 0.368 e. The van der Waals surface area contributed by atoms with E-state index in [0.29, 0.717) is 17.3 Å². The Labute approximate surface area is 126 Å². The highest BCUT2D eigenvalue weighted by Gasteiger charge is 2.31. The average Bonchev–Trinajstić information content (AvgIpc) is 2.65. The van der Waals surface area contributed by atoms with Crippen LogP contribution in [0.25, 0.3) is 0 Å². The highest BCUT2D eigenvalue weighted by atomic mass is 79.9. The lowest BCUT2D eigenvalue weighted by atomic mass is 9.93. The van der Waals surface area contributed by atoms with Gasteiger partial charge in [0.15, 0.2) is 0 Å². The monoisotopic (exact) mass is 336 g/mol. The number of Topliss-reactive ketones (excluding diaryl/α,β-unsaturated/α-hetero) is 1. The fraction of sp³-hybridized carbons (Fsp3) is 0.467. The molecule has 0 spiro atoms. The highest BCUT2D eigenvalue weighted by molar-refractivity contribution is 9.10. The summed E-state index contributed by atoms with van der Waals surface area (Å²) in [5.74, 6) is -0.243. The molecule has 1 N–H and O–H groups in total. The van der Waals surface area contributed by atoms with Crippen molar-refractivity contribution >= 4 is 39.0 Å². The molecular weight excluding hydrogens is 320 g/mol. The molecule has 2 heterocycles. The Morgan fingerprint density at radius 2 is 2.05 bits per heavy atom. The summed E-state index contributed by atoms with van der Waals surface area (Å²) in [5.41, 5.74) is 2.14. The molecule has 2 aliphatic heterocycles. The van der Waals surface area contributed by atoms with E-state index in [9.17, 15) is 9.59 Å². The maximum absolute atomic E-state index is 11.7. The van der Waals surface area contributed by atoms with E-state index in [-0.39, 0.29) is 0 Å². The molecule has 0 aromatic heterocycles. The number of carbonyl (C=O) groups excluding carboxylic acids is 2. The number of amides is 1. The van der Waals surface area contributed by atoms with Gasteiger partial charge in [0.2, 0.25) is 0 Å². The molecule has 0 saturated carbocycles. The van der Waals surface area contributed by atoms with Gasteiger partial charge in [0, 0.05) is 17.1 Å². The fourth-order valence-corrected chi connectivity index (χ4v) is 3.71. The zero-order valence-electron chi connectivity index (χ0n) is 11.6. The number of fused-ring (bicyclic) bond motifs is 1. The van der Waals surface area contributed by atoms with Crippen LogP contribution in [0.15, 0.2) is 16.6 Å². The normalized spacial score (nSPS) is 25.6. The van der Waals surface area contributed by atoms with Crippen molar-refractivity contribution in [2.45, 2.75) is 32.7 Å². The molecule has 5 heteroatoms. The number of hydrogen-bond donors (Lipinski definition) is 1. The summed E-state index contributed by atoms with van der Waals surface area (Å²) in [6, 6.07) is 4.13. The Kier molecular flexibility index (Phi) is 3.32. The van der Waals surface area contributed by atoms with Gasteiger partial charge in [0.1, 0.15) is 0 Å². The lowest BCUT2D eigenvalue weighted by Crippen LogP contribution is -2.40. The number of carbonyl (C=O) groups is 2. The molecule has 2 unspecified atom stereocenters. The maximum Gasteiger partial charge on any atom is 0.296 e.